The quantitative estimate of drug-likeness (QED) is 0.0258. The molecule has 23 heteroatoms. The molecule has 4 unspecified atom stereocenters. The van der Waals surface area contributed by atoms with Gasteiger partial charge < -0.3 is 74.5 Å². The summed E-state index contributed by atoms with van der Waals surface area (Å²) in [6.45, 7) is 7.16. The van der Waals surface area contributed by atoms with E-state index in [1.807, 2.05) is 62.4 Å². The van der Waals surface area contributed by atoms with Crippen LogP contribution in [0.2, 0.25) is 0 Å². The van der Waals surface area contributed by atoms with Crippen molar-refractivity contribution in [3.8, 4) is 51.7 Å². The number of nitrogens with zero attached hydrogens (tertiary/aromatic N) is 3. The number of aromatic nitrogens is 3. The molecule has 6 N–H and O–H groups in total. The number of nitrogens with one attached hydrogen (secondary N) is 3. The molecule has 0 fully saturated rings. The number of allylic oxidation sites excluding steroid dienone is 3. The summed E-state index contributed by atoms with van der Waals surface area (Å²) in [6, 6.07) is 35.9. The van der Waals surface area contributed by atoms with E-state index in [-0.39, 0.29) is 163 Å². The van der Waals surface area contributed by atoms with E-state index < -0.39 is 0 Å². The molecule has 3 aromatic heterocycles. The number of hydrogen-bond donors (Lipinski definition) is 6. The Balaban J connectivity index is 0.000000244. The molecule has 564 valence electrons. The van der Waals surface area contributed by atoms with E-state index >= 15 is 0 Å². The molecule has 9 aromatic rings. The first-order chi connectivity index (χ1) is 49.2. The maximum Gasteiger partial charge on any atom is 0.224 e. The summed E-state index contributed by atoms with van der Waals surface area (Å²) in [5, 5.41) is 39.5. The van der Waals surface area contributed by atoms with Crippen LogP contribution in [0.1, 0.15) is 125 Å². The Morgan fingerprint density at radius 2 is 0.868 bits per heavy atom. The first-order valence-electron chi connectivity index (χ1n) is 33.0. The molecule has 18 nitrogen and oxygen atoms in total. The number of benzene rings is 6. The van der Waals surface area contributed by atoms with Gasteiger partial charge in [-0.15, -0.1) is 0 Å². The number of carbonyl (C=O) groups excluding carboxylic acids is 3. The van der Waals surface area contributed by atoms with Crippen molar-refractivity contribution in [1.29, 1.82) is 0 Å². The van der Waals surface area contributed by atoms with Crippen LogP contribution in [-0.4, -0.2) is 90.7 Å². The van der Waals surface area contributed by atoms with Crippen LogP contribution in [0.25, 0.3) is 22.8 Å². The monoisotopic (exact) mass is 1630 g/mol. The number of hydrogen-bond acceptors (Lipinski definition) is 15. The molecule has 0 saturated carbocycles. The number of rotatable bonds is 23. The van der Waals surface area contributed by atoms with Crippen molar-refractivity contribution in [2.45, 2.75) is 90.3 Å². The molecule has 0 aliphatic heterocycles. The molecule has 3 heterocycles. The van der Waals surface area contributed by atoms with Crippen molar-refractivity contribution in [1.82, 2.24) is 30.9 Å². The predicted octanol–water partition coefficient (Wildman–Crippen LogP) is 15.3. The number of aromatic hydroxyl groups is 3. The predicted molar refractivity (Wildman–Crippen MR) is 396 cm³/mol. The van der Waals surface area contributed by atoms with Gasteiger partial charge in [-0.3, -0.25) is 29.3 Å². The van der Waals surface area contributed by atoms with Crippen LogP contribution in [0.4, 0.5) is 13.2 Å². The molecule has 12 rings (SSSR count). The second kappa shape index (κ2) is 39.2. The molecule has 106 heavy (non-hydrogen) atoms. The van der Waals surface area contributed by atoms with Gasteiger partial charge in [-0.05, 0) is 231 Å². The van der Waals surface area contributed by atoms with E-state index in [0.29, 0.717) is 61.0 Å². The number of fused-ring (bicyclic) bond motifs is 3. The molecular weight excluding hydrogens is 1540 g/mol. The summed E-state index contributed by atoms with van der Waals surface area (Å²) in [7, 11) is 8.89. The van der Waals surface area contributed by atoms with Crippen molar-refractivity contribution >= 4 is 40.5 Å². The molecule has 3 aliphatic rings. The topological polar surface area (TPSA) is 242 Å². The maximum absolute atomic E-state index is 14.2. The van der Waals surface area contributed by atoms with Crippen LogP contribution in [0.15, 0.2) is 176 Å². The average molecular weight is 1630 g/mol. The Morgan fingerprint density at radius 3 is 1.32 bits per heavy atom. The van der Waals surface area contributed by atoms with Gasteiger partial charge in [0, 0.05) is 110 Å². The fourth-order valence-electron chi connectivity index (χ4n) is 13.5. The van der Waals surface area contributed by atoms with Gasteiger partial charge in [0.2, 0.25) is 35.0 Å². The van der Waals surface area contributed by atoms with Crippen LogP contribution in [-0.2, 0) is 87.7 Å². The molecule has 0 saturated heterocycles. The number of ether oxygens (including phenoxy) is 6. The Hall–Kier alpha value is -10.3. The summed E-state index contributed by atoms with van der Waals surface area (Å²) in [4.78, 5) is 50.5. The third-order valence-corrected chi connectivity index (χ3v) is 18.8. The van der Waals surface area contributed by atoms with Gasteiger partial charge >= 0.3 is 0 Å². The second-order valence-corrected chi connectivity index (χ2v) is 25.0. The van der Waals surface area contributed by atoms with E-state index in [1.165, 1.54) is 73.0 Å². The van der Waals surface area contributed by atoms with E-state index in [4.69, 9.17) is 28.4 Å². The Labute approximate surface area is 644 Å². The van der Waals surface area contributed by atoms with Crippen molar-refractivity contribution in [3.63, 3.8) is 0 Å². The fourth-order valence-corrected chi connectivity index (χ4v) is 13.5. The van der Waals surface area contributed by atoms with Crippen molar-refractivity contribution < 1.29 is 112 Å². The number of methoxy groups -OCH3 is 6. The number of halogens is 3. The zero-order valence-electron chi connectivity index (χ0n) is 60.8. The van der Waals surface area contributed by atoms with E-state index in [9.17, 15) is 42.9 Å². The number of pyridine rings is 3. The normalized spacial score (nSPS) is 15.2. The van der Waals surface area contributed by atoms with Gasteiger partial charge in [0.05, 0.1) is 55.5 Å². The summed E-state index contributed by atoms with van der Waals surface area (Å²) in [5.74, 6) is 0.331. The Bertz CT molecular complexity index is 4560. The maximum atomic E-state index is 14.2. The molecule has 0 bridgehead atoms. The van der Waals surface area contributed by atoms with Gasteiger partial charge in [0.1, 0.15) is 17.5 Å². The van der Waals surface area contributed by atoms with Gasteiger partial charge in [-0.1, -0.05) is 48.9 Å². The molecule has 3 amide bonds. The molecule has 0 radical (unpaired) electrons. The van der Waals surface area contributed by atoms with E-state index in [2.05, 4.69) is 37.8 Å². The zero-order valence-corrected chi connectivity index (χ0v) is 63.9. The average Bonchev–Trinajstić information content (AvgIpc) is 1.63. The minimum absolute atomic E-state index is 0. The van der Waals surface area contributed by atoms with Gasteiger partial charge in [-0.2, -0.15) is 0 Å². The molecular formula is C83H87F3N6O12Pd2-2. The van der Waals surface area contributed by atoms with Gasteiger partial charge in [-0.25, -0.2) is 13.2 Å². The first kappa shape index (κ1) is 84.7. The Morgan fingerprint density at radius 1 is 0.462 bits per heavy atom. The van der Waals surface area contributed by atoms with Crippen LogP contribution in [0.3, 0.4) is 0 Å². The zero-order chi connectivity index (χ0) is 72.7. The van der Waals surface area contributed by atoms with Crippen LogP contribution < -0.4 is 44.4 Å². The summed E-state index contributed by atoms with van der Waals surface area (Å²) in [6.07, 6.45) is 13.9. The van der Waals surface area contributed by atoms with Crippen molar-refractivity contribution in [2.75, 3.05) is 42.7 Å². The molecule has 4 atom stereocenters. The smallest absolute Gasteiger partial charge is 0.224 e. The molecule has 0 spiro atoms. The van der Waals surface area contributed by atoms with Crippen molar-refractivity contribution in [2.24, 2.45) is 5.92 Å². The van der Waals surface area contributed by atoms with E-state index in [0.717, 1.165) is 89.1 Å². The summed E-state index contributed by atoms with van der Waals surface area (Å²) < 4.78 is 74.2. The van der Waals surface area contributed by atoms with Crippen molar-refractivity contribution in [3.05, 3.63) is 275 Å². The molecule has 3 aliphatic carbocycles. The summed E-state index contributed by atoms with van der Waals surface area (Å²) >= 11 is 0. The van der Waals surface area contributed by atoms with Gasteiger partial charge in [0.15, 0.2) is 34.5 Å². The van der Waals surface area contributed by atoms with E-state index in [1.54, 1.807) is 91.8 Å². The van der Waals surface area contributed by atoms with Crippen LogP contribution in [0.5, 0.6) is 51.7 Å². The third kappa shape index (κ3) is 20.2. The molecule has 6 aromatic carbocycles. The minimum Gasteiger partial charge on any atom is -0.502 e. The number of phenolic OH excluding ortho intramolecular Hbond substituents is 3. The minimum atomic E-state index is -0.367. The number of amides is 3. The fraction of sp³-hybridized carbons (Fsp3) is 0.253. The first-order valence-corrected chi connectivity index (χ1v) is 33.0. The van der Waals surface area contributed by atoms with Crippen LogP contribution >= 0.6 is 0 Å². The number of phenols is 3. The summed E-state index contributed by atoms with van der Waals surface area (Å²) in [5.41, 5.74) is 14.8. The third-order valence-electron chi connectivity index (χ3n) is 18.8. The second-order valence-electron chi connectivity index (χ2n) is 25.0. The SMILES string of the molecule is COc1cc(/C=C2/C(C)=C(CC(=O)NCc3cccnc3)c3cc(F)ccc32)cc(OC)c1O.COc1cc(CC2C(C)=C(CC(=O)NCc3cccnc3)c3cc(F)ccc32)cc(OC)c1O.COc1cc(CC2c3ccc(F)cc3C(CC(=O)NCc3cccnc3)C2C)cc(OC)c1O.[CH3-].[CH3-].[Pd].[Pd]. The largest absolute Gasteiger partial charge is 0.502 e. The van der Waals surface area contributed by atoms with Crippen LogP contribution in [0, 0.1) is 38.2 Å². The Kier molecular flexibility index (Phi) is 31.3. The number of carbonyl (C=O) groups is 3. The standard InChI is InChI=1S/C27H29FN2O4.C27H27FN2O4.C27H25FN2O4.2CH3.2Pd/c3*1-16-21(9-18-10-24(33-2)27(32)25(11-18)34-3)20-7-6-19(28)12-23(20)22(16)13-26(31)30-15-17-5-4-8-29-14-17;;;;/h4-8,10-12,14,16,21-22,32H,9,13,15H2,1-3H3,(H,30,31);4-8,10-12,14,21,32H,9,13,15H2,1-3H3,(H,30,31);4-12,14,32H,13,15H2,1-3H3,(H,30,31);2*1H3;;/q;;;2*-1;;/b;;21-9-;;;;. The van der Waals surface area contributed by atoms with Gasteiger partial charge in [0.25, 0.3) is 0 Å².